The number of amides is 2. The smallest absolute Gasteiger partial charge is 0.249 e. The maximum atomic E-state index is 12.3. The van der Waals surface area contributed by atoms with Crippen molar-refractivity contribution in [2.24, 2.45) is 11.7 Å². The minimum atomic E-state index is -0.667. The van der Waals surface area contributed by atoms with E-state index in [1.165, 1.54) is 4.90 Å². The Hall–Kier alpha value is -1.92. The number of anilines is 1. The van der Waals surface area contributed by atoms with Gasteiger partial charge in [-0.3, -0.25) is 9.59 Å². The van der Waals surface area contributed by atoms with Crippen molar-refractivity contribution < 1.29 is 14.7 Å². The van der Waals surface area contributed by atoms with Crippen LogP contribution in [-0.2, 0) is 16.2 Å². The molecule has 22 heavy (non-hydrogen) atoms. The average Bonchev–Trinajstić information content (AvgIpc) is 2.52. The lowest BCUT2D eigenvalue weighted by atomic mass is 10.0. The molecule has 1 aromatic carbocycles. The average molecular weight is 307 g/mol. The van der Waals surface area contributed by atoms with Crippen LogP contribution < -0.4 is 16.0 Å². The Kier molecular flexibility index (Phi) is 6.52. The number of hydrogen-bond acceptors (Lipinski definition) is 4. The first-order chi connectivity index (χ1) is 10.3. The highest BCUT2D eigenvalue weighted by Crippen LogP contribution is 2.15. The van der Waals surface area contributed by atoms with E-state index >= 15 is 0 Å². The molecule has 0 aromatic heterocycles. The maximum absolute atomic E-state index is 12.3. The molecule has 0 aliphatic heterocycles. The van der Waals surface area contributed by atoms with Crippen molar-refractivity contribution in [3.8, 4) is 0 Å². The zero-order valence-corrected chi connectivity index (χ0v) is 13.5. The molecule has 0 unspecified atom stereocenters. The highest BCUT2D eigenvalue weighted by Gasteiger charge is 2.24. The summed E-state index contributed by atoms with van der Waals surface area (Å²) in [6.45, 7) is 5.29. The van der Waals surface area contributed by atoms with Crippen LogP contribution in [0.1, 0.15) is 26.3 Å². The summed E-state index contributed by atoms with van der Waals surface area (Å²) in [6, 6.07) is 5.69. The molecule has 1 aromatic rings. The molecule has 1 rings (SSSR count). The van der Waals surface area contributed by atoms with Crippen molar-refractivity contribution in [3.05, 3.63) is 29.8 Å². The van der Waals surface area contributed by atoms with E-state index < -0.39 is 12.1 Å². The van der Waals surface area contributed by atoms with E-state index in [1.807, 2.05) is 13.8 Å². The third kappa shape index (κ3) is 4.54. The molecule has 0 saturated heterocycles. The van der Waals surface area contributed by atoms with Crippen LogP contribution in [0.15, 0.2) is 24.3 Å². The Morgan fingerprint density at radius 3 is 2.23 bits per heavy atom. The summed E-state index contributed by atoms with van der Waals surface area (Å²) < 4.78 is 0. The minimum absolute atomic E-state index is 0.00561. The Morgan fingerprint density at radius 2 is 1.77 bits per heavy atom. The summed E-state index contributed by atoms with van der Waals surface area (Å²) in [5.41, 5.74) is 7.23. The van der Waals surface area contributed by atoms with Crippen LogP contribution in [0.5, 0.6) is 0 Å². The second kappa shape index (κ2) is 7.91. The van der Waals surface area contributed by atoms with Crippen molar-refractivity contribution in [1.29, 1.82) is 0 Å². The molecule has 0 aliphatic carbocycles. The number of benzene rings is 1. The van der Waals surface area contributed by atoms with Gasteiger partial charge >= 0.3 is 0 Å². The van der Waals surface area contributed by atoms with Gasteiger partial charge in [0.25, 0.3) is 0 Å². The van der Waals surface area contributed by atoms with Crippen LogP contribution in [0.3, 0.4) is 0 Å². The SMILES string of the molecule is CC(C)[C@H](N)C(=O)N[C@@H](C)C(=O)N(C)c1ccc(CO)cc1. The Labute approximate surface area is 131 Å². The fourth-order valence-electron chi connectivity index (χ4n) is 1.92. The van der Waals surface area contributed by atoms with E-state index in [0.717, 1.165) is 5.56 Å². The minimum Gasteiger partial charge on any atom is -0.392 e. The number of aliphatic hydroxyl groups is 1. The Bertz CT molecular complexity index is 514. The number of carbonyl (C=O) groups excluding carboxylic acids is 2. The van der Waals surface area contributed by atoms with Gasteiger partial charge in [0.1, 0.15) is 6.04 Å². The number of likely N-dealkylation sites (N-methyl/N-ethyl adjacent to an activating group) is 1. The fraction of sp³-hybridized carbons (Fsp3) is 0.500. The van der Waals surface area contributed by atoms with E-state index in [-0.39, 0.29) is 24.3 Å². The number of rotatable bonds is 6. The van der Waals surface area contributed by atoms with Gasteiger partial charge in [-0.05, 0) is 30.5 Å². The molecule has 4 N–H and O–H groups in total. The lowest BCUT2D eigenvalue weighted by Crippen LogP contribution is -2.52. The molecule has 2 atom stereocenters. The van der Waals surface area contributed by atoms with Crippen LogP contribution in [-0.4, -0.2) is 36.1 Å². The largest absolute Gasteiger partial charge is 0.392 e. The first-order valence-electron chi connectivity index (χ1n) is 7.31. The quantitative estimate of drug-likeness (QED) is 0.718. The van der Waals surface area contributed by atoms with Crippen LogP contribution in [0.25, 0.3) is 0 Å². The molecule has 6 heteroatoms. The number of nitrogens with zero attached hydrogens (tertiary/aromatic N) is 1. The number of nitrogens with two attached hydrogens (primary N) is 1. The Morgan fingerprint density at radius 1 is 1.23 bits per heavy atom. The Balaban J connectivity index is 2.70. The molecule has 2 amide bonds. The standard InChI is InChI=1S/C16H25N3O3/c1-10(2)14(17)15(21)18-11(3)16(22)19(4)13-7-5-12(9-20)6-8-13/h5-8,10-11,14,20H,9,17H2,1-4H3,(H,18,21)/t11-,14-/m0/s1. The first kappa shape index (κ1) is 18.1. The highest BCUT2D eigenvalue weighted by molar-refractivity contribution is 5.99. The highest BCUT2D eigenvalue weighted by atomic mass is 16.3. The molecule has 0 heterocycles. The summed E-state index contributed by atoms with van der Waals surface area (Å²) in [4.78, 5) is 25.7. The molecule has 0 saturated carbocycles. The summed E-state index contributed by atoms with van der Waals surface area (Å²) in [7, 11) is 1.64. The summed E-state index contributed by atoms with van der Waals surface area (Å²) >= 11 is 0. The van der Waals surface area contributed by atoms with Crippen LogP contribution in [0, 0.1) is 5.92 Å². The summed E-state index contributed by atoms with van der Waals surface area (Å²) in [5, 5.41) is 11.7. The van der Waals surface area contributed by atoms with Crippen molar-refractivity contribution >= 4 is 17.5 Å². The van der Waals surface area contributed by atoms with E-state index in [0.29, 0.717) is 5.69 Å². The lowest BCUT2D eigenvalue weighted by molar-refractivity contribution is -0.128. The van der Waals surface area contributed by atoms with Crippen LogP contribution in [0.2, 0.25) is 0 Å². The molecule has 0 bridgehead atoms. The molecule has 0 radical (unpaired) electrons. The van der Waals surface area contributed by atoms with E-state index in [4.69, 9.17) is 10.8 Å². The second-order valence-electron chi connectivity index (χ2n) is 5.72. The zero-order chi connectivity index (χ0) is 16.9. The van der Waals surface area contributed by atoms with Gasteiger partial charge in [0.05, 0.1) is 12.6 Å². The van der Waals surface area contributed by atoms with Gasteiger partial charge in [-0.25, -0.2) is 0 Å². The van der Waals surface area contributed by atoms with E-state index in [9.17, 15) is 9.59 Å². The predicted octanol–water partition coefficient (Wildman–Crippen LogP) is 0.630. The molecule has 0 fully saturated rings. The monoisotopic (exact) mass is 307 g/mol. The van der Waals surface area contributed by atoms with Gasteiger partial charge < -0.3 is 21.1 Å². The molecule has 0 aliphatic rings. The molecule has 122 valence electrons. The maximum Gasteiger partial charge on any atom is 0.249 e. The van der Waals surface area contributed by atoms with Gasteiger partial charge in [0.2, 0.25) is 11.8 Å². The zero-order valence-electron chi connectivity index (χ0n) is 13.5. The normalized spacial score (nSPS) is 13.6. The van der Waals surface area contributed by atoms with E-state index in [1.54, 1.807) is 38.2 Å². The number of aliphatic hydroxyl groups excluding tert-OH is 1. The summed E-state index contributed by atoms with van der Waals surface area (Å²) in [5.74, 6) is -0.563. The molecular weight excluding hydrogens is 282 g/mol. The predicted molar refractivity (Wildman–Crippen MR) is 86.2 cm³/mol. The fourth-order valence-corrected chi connectivity index (χ4v) is 1.92. The number of hydrogen-bond donors (Lipinski definition) is 3. The lowest BCUT2D eigenvalue weighted by Gasteiger charge is -2.24. The molecule has 6 nitrogen and oxygen atoms in total. The number of carbonyl (C=O) groups is 2. The van der Waals surface area contributed by atoms with Gasteiger partial charge in [0.15, 0.2) is 0 Å². The van der Waals surface area contributed by atoms with Crippen molar-refractivity contribution in [1.82, 2.24) is 5.32 Å². The molecule has 0 spiro atoms. The van der Waals surface area contributed by atoms with Crippen molar-refractivity contribution in [3.63, 3.8) is 0 Å². The number of nitrogens with one attached hydrogen (secondary N) is 1. The van der Waals surface area contributed by atoms with Crippen LogP contribution >= 0.6 is 0 Å². The van der Waals surface area contributed by atoms with Gasteiger partial charge in [0, 0.05) is 12.7 Å². The third-order valence-electron chi connectivity index (χ3n) is 3.59. The summed E-state index contributed by atoms with van der Waals surface area (Å²) in [6.07, 6.45) is 0. The van der Waals surface area contributed by atoms with Crippen molar-refractivity contribution in [2.45, 2.75) is 39.5 Å². The van der Waals surface area contributed by atoms with Crippen LogP contribution in [0.4, 0.5) is 5.69 Å². The topological polar surface area (TPSA) is 95.7 Å². The molecular formula is C16H25N3O3. The second-order valence-corrected chi connectivity index (χ2v) is 5.72. The van der Waals surface area contributed by atoms with Crippen molar-refractivity contribution in [2.75, 3.05) is 11.9 Å². The third-order valence-corrected chi connectivity index (χ3v) is 3.59. The first-order valence-corrected chi connectivity index (χ1v) is 7.31. The van der Waals surface area contributed by atoms with E-state index in [2.05, 4.69) is 5.32 Å². The van der Waals surface area contributed by atoms with Gasteiger partial charge in [-0.15, -0.1) is 0 Å². The van der Waals surface area contributed by atoms with Gasteiger partial charge in [-0.2, -0.15) is 0 Å². The van der Waals surface area contributed by atoms with Gasteiger partial charge in [-0.1, -0.05) is 26.0 Å².